The first kappa shape index (κ1) is 13.7. The lowest BCUT2D eigenvalue weighted by Gasteiger charge is -2.14. The summed E-state index contributed by atoms with van der Waals surface area (Å²) in [5.41, 5.74) is 0.499. The number of aliphatic carboxylic acids is 1. The molecule has 6 heteroatoms. The molecule has 18 heavy (non-hydrogen) atoms. The van der Waals surface area contributed by atoms with Gasteiger partial charge in [-0.25, -0.2) is 4.79 Å². The first-order chi connectivity index (χ1) is 8.52. The van der Waals surface area contributed by atoms with Gasteiger partial charge in [0.25, 0.3) is 0 Å². The molecule has 0 aliphatic rings. The van der Waals surface area contributed by atoms with Crippen LogP contribution >= 0.6 is 0 Å². The summed E-state index contributed by atoms with van der Waals surface area (Å²) in [7, 11) is 0. The first-order valence-corrected chi connectivity index (χ1v) is 5.21. The van der Waals surface area contributed by atoms with Gasteiger partial charge in [-0.1, -0.05) is 0 Å². The number of ether oxygens (including phenoxy) is 1. The fourth-order valence-corrected chi connectivity index (χ4v) is 1.24. The number of carboxylic acid groups (broad SMARTS) is 1. The Labute approximate surface area is 104 Å². The monoisotopic (exact) mass is 251 g/mol. The van der Waals surface area contributed by atoms with Crippen LogP contribution in [0.1, 0.15) is 17.3 Å². The van der Waals surface area contributed by atoms with Crippen molar-refractivity contribution in [1.82, 2.24) is 5.32 Å². The van der Waals surface area contributed by atoms with Crippen molar-refractivity contribution in [3.05, 3.63) is 29.8 Å². The van der Waals surface area contributed by atoms with E-state index in [0.29, 0.717) is 17.6 Å². The Kier molecular flexibility index (Phi) is 4.86. The maximum absolute atomic E-state index is 10.8. The number of carboxylic acids is 1. The van der Waals surface area contributed by atoms with Gasteiger partial charge in [0, 0.05) is 12.5 Å². The normalized spacial score (nSPS) is 11.4. The largest absolute Gasteiger partial charge is 0.491 e. The molecule has 2 N–H and O–H groups in total. The van der Waals surface area contributed by atoms with Crippen molar-refractivity contribution in [1.29, 1.82) is 0 Å². The van der Waals surface area contributed by atoms with Crippen molar-refractivity contribution in [2.45, 2.75) is 13.0 Å². The average molecular weight is 251 g/mol. The Hall–Kier alpha value is -2.37. The molecule has 1 aromatic rings. The van der Waals surface area contributed by atoms with Crippen LogP contribution in [0, 0.1) is 0 Å². The van der Waals surface area contributed by atoms with E-state index in [2.05, 4.69) is 5.32 Å². The predicted molar refractivity (Wildman–Crippen MR) is 62.6 cm³/mol. The Bertz CT molecular complexity index is 440. The van der Waals surface area contributed by atoms with E-state index < -0.39 is 17.9 Å². The van der Waals surface area contributed by atoms with Gasteiger partial charge in [-0.05, 0) is 24.3 Å². The highest BCUT2D eigenvalue weighted by molar-refractivity contribution is 5.82. The highest BCUT2D eigenvalue weighted by Gasteiger charge is 2.18. The second-order valence-electron chi connectivity index (χ2n) is 3.59. The Morgan fingerprint density at radius 1 is 1.39 bits per heavy atom. The van der Waals surface area contributed by atoms with Gasteiger partial charge in [-0.3, -0.25) is 9.59 Å². The van der Waals surface area contributed by atoms with E-state index in [9.17, 15) is 14.4 Å². The molecule has 6 nitrogen and oxygen atoms in total. The van der Waals surface area contributed by atoms with Crippen LogP contribution in [0.15, 0.2) is 24.3 Å². The third kappa shape index (κ3) is 4.25. The molecule has 0 heterocycles. The lowest BCUT2D eigenvalue weighted by Crippen LogP contribution is -2.43. The van der Waals surface area contributed by atoms with E-state index >= 15 is 0 Å². The van der Waals surface area contributed by atoms with Gasteiger partial charge in [0.15, 0.2) is 6.04 Å². The maximum atomic E-state index is 10.8. The minimum absolute atomic E-state index is 0.185. The quantitative estimate of drug-likeness (QED) is 0.717. The number of rotatable bonds is 6. The minimum Gasteiger partial charge on any atom is -0.491 e. The van der Waals surface area contributed by atoms with Gasteiger partial charge < -0.3 is 15.2 Å². The molecule has 0 saturated heterocycles. The molecule has 1 aromatic carbocycles. The fraction of sp³-hybridized carbons (Fsp3) is 0.250. The molecule has 0 spiro atoms. The Morgan fingerprint density at radius 3 is 2.44 bits per heavy atom. The smallest absolute Gasteiger partial charge is 0.329 e. The molecule has 0 saturated carbocycles. The molecule has 1 atom stereocenters. The van der Waals surface area contributed by atoms with E-state index in [0.717, 1.165) is 0 Å². The number of aldehydes is 1. The van der Waals surface area contributed by atoms with Gasteiger partial charge >= 0.3 is 5.97 Å². The lowest BCUT2D eigenvalue weighted by atomic mass is 10.2. The zero-order valence-electron chi connectivity index (χ0n) is 9.75. The third-order valence-electron chi connectivity index (χ3n) is 2.11. The molecule has 0 aliphatic carbocycles. The summed E-state index contributed by atoms with van der Waals surface area (Å²) in [5, 5.41) is 11.1. The lowest BCUT2D eigenvalue weighted by molar-refractivity contribution is -0.142. The summed E-state index contributed by atoms with van der Waals surface area (Å²) < 4.78 is 5.22. The molecular weight excluding hydrogens is 238 g/mol. The van der Waals surface area contributed by atoms with Crippen LogP contribution in [0.5, 0.6) is 5.75 Å². The molecule has 96 valence electrons. The second kappa shape index (κ2) is 6.39. The Balaban J connectivity index is 2.57. The summed E-state index contributed by atoms with van der Waals surface area (Å²) in [6.07, 6.45) is 0.696. The Morgan fingerprint density at radius 2 is 2.00 bits per heavy atom. The van der Waals surface area contributed by atoms with Gasteiger partial charge in [0.2, 0.25) is 5.91 Å². The van der Waals surface area contributed by atoms with Crippen molar-refractivity contribution in [2.75, 3.05) is 6.61 Å². The van der Waals surface area contributed by atoms with Crippen LogP contribution in [0.25, 0.3) is 0 Å². The van der Waals surface area contributed by atoms with Gasteiger partial charge in [0.05, 0.1) is 0 Å². The molecule has 1 rings (SSSR count). The fourth-order valence-electron chi connectivity index (χ4n) is 1.24. The molecule has 0 bridgehead atoms. The van der Waals surface area contributed by atoms with E-state index in [1.165, 1.54) is 6.92 Å². The van der Waals surface area contributed by atoms with Crippen molar-refractivity contribution < 1.29 is 24.2 Å². The van der Waals surface area contributed by atoms with Crippen molar-refractivity contribution >= 4 is 18.2 Å². The molecule has 0 aliphatic heterocycles. The number of amides is 1. The van der Waals surface area contributed by atoms with Crippen molar-refractivity contribution in [2.24, 2.45) is 0 Å². The summed E-state index contributed by atoms with van der Waals surface area (Å²) in [4.78, 5) is 32.0. The second-order valence-corrected chi connectivity index (χ2v) is 3.59. The molecule has 0 radical (unpaired) electrons. The zero-order valence-corrected chi connectivity index (χ0v) is 9.75. The van der Waals surface area contributed by atoms with E-state index in [1.807, 2.05) is 0 Å². The highest BCUT2D eigenvalue weighted by Crippen LogP contribution is 2.11. The number of nitrogens with one attached hydrogen (secondary N) is 1. The number of benzene rings is 1. The summed E-state index contributed by atoms with van der Waals surface area (Å²) in [5.74, 6) is -1.19. The van der Waals surface area contributed by atoms with Crippen LogP contribution in [-0.2, 0) is 9.59 Å². The molecule has 1 amide bonds. The minimum atomic E-state index is -1.17. The van der Waals surface area contributed by atoms with Crippen molar-refractivity contribution in [3.63, 3.8) is 0 Å². The molecular formula is C12H13NO5. The van der Waals surface area contributed by atoms with Gasteiger partial charge in [0.1, 0.15) is 18.6 Å². The van der Waals surface area contributed by atoms with Gasteiger partial charge in [-0.15, -0.1) is 0 Å². The predicted octanol–water partition coefficient (Wildman–Crippen LogP) is 0.467. The van der Waals surface area contributed by atoms with Crippen LogP contribution in [-0.4, -0.2) is 35.9 Å². The summed E-state index contributed by atoms with van der Waals surface area (Å²) >= 11 is 0. The number of carbonyl (C=O) groups excluding carboxylic acids is 2. The first-order valence-electron chi connectivity index (χ1n) is 5.21. The summed E-state index contributed by atoms with van der Waals surface area (Å²) in [6.45, 7) is 1.05. The SMILES string of the molecule is CC(=O)NC(COc1ccc(C=O)cc1)C(=O)O. The van der Waals surface area contributed by atoms with Crippen LogP contribution in [0.3, 0.4) is 0 Å². The number of carbonyl (C=O) groups is 3. The van der Waals surface area contributed by atoms with Crippen LogP contribution < -0.4 is 10.1 Å². The maximum Gasteiger partial charge on any atom is 0.329 e. The highest BCUT2D eigenvalue weighted by atomic mass is 16.5. The van der Waals surface area contributed by atoms with E-state index in [-0.39, 0.29) is 6.61 Å². The topological polar surface area (TPSA) is 92.7 Å². The number of hydrogen-bond acceptors (Lipinski definition) is 4. The average Bonchev–Trinajstić information content (AvgIpc) is 2.34. The van der Waals surface area contributed by atoms with E-state index in [4.69, 9.17) is 9.84 Å². The van der Waals surface area contributed by atoms with Crippen LogP contribution in [0.4, 0.5) is 0 Å². The van der Waals surface area contributed by atoms with Crippen molar-refractivity contribution in [3.8, 4) is 5.75 Å². The molecule has 0 aromatic heterocycles. The summed E-state index contributed by atoms with van der Waals surface area (Å²) in [6, 6.07) is 5.10. The third-order valence-corrected chi connectivity index (χ3v) is 2.11. The number of hydrogen-bond donors (Lipinski definition) is 2. The zero-order chi connectivity index (χ0) is 13.5. The van der Waals surface area contributed by atoms with Crippen LogP contribution in [0.2, 0.25) is 0 Å². The molecule has 0 fully saturated rings. The van der Waals surface area contributed by atoms with E-state index in [1.54, 1.807) is 24.3 Å². The standard InChI is InChI=1S/C12H13NO5/c1-8(15)13-11(12(16)17)7-18-10-4-2-9(6-14)3-5-10/h2-6,11H,7H2,1H3,(H,13,15)(H,16,17). The molecule has 1 unspecified atom stereocenters. The van der Waals surface area contributed by atoms with Gasteiger partial charge in [-0.2, -0.15) is 0 Å².